The summed E-state index contributed by atoms with van der Waals surface area (Å²) in [4.78, 5) is 16.6. The molecule has 0 aliphatic rings. The summed E-state index contributed by atoms with van der Waals surface area (Å²) in [5, 5.41) is 20.6. The molecule has 1 atom stereocenters. The number of nitro benzene ring substituents is 1. The zero-order valence-corrected chi connectivity index (χ0v) is 11.3. The fourth-order valence-corrected chi connectivity index (χ4v) is 2.18. The highest BCUT2D eigenvalue weighted by atomic mass is 16.6. The fourth-order valence-electron chi connectivity index (χ4n) is 2.18. The molecule has 2 rings (SSSR count). The van der Waals surface area contributed by atoms with E-state index in [1.807, 2.05) is 18.9 Å². The van der Waals surface area contributed by atoms with E-state index >= 15 is 0 Å². The van der Waals surface area contributed by atoms with E-state index in [0.29, 0.717) is 17.4 Å². The zero-order chi connectivity index (χ0) is 14.7. The van der Waals surface area contributed by atoms with E-state index in [-0.39, 0.29) is 11.6 Å². The first-order valence-electron chi connectivity index (χ1n) is 6.17. The predicted molar refractivity (Wildman–Crippen MR) is 76.4 cm³/mol. The molecule has 6 heteroatoms. The van der Waals surface area contributed by atoms with Gasteiger partial charge >= 0.3 is 0 Å². The highest BCUT2D eigenvalue weighted by Crippen LogP contribution is 2.30. The summed E-state index contributed by atoms with van der Waals surface area (Å²) < 4.78 is 0. The van der Waals surface area contributed by atoms with Gasteiger partial charge in [-0.05, 0) is 13.0 Å². The molecule has 0 fully saturated rings. The van der Waals surface area contributed by atoms with Gasteiger partial charge in [-0.15, -0.1) is 0 Å². The Morgan fingerprint density at radius 2 is 2.25 bits per heavy atom. The average molecular weight is 270 g/mol. The van der Waals surface area contributed by atoms with Crippen LogP contribution in [0, 0.1) is 27.4 Å². The van der Waals surface area contributed by atoms with E-state index in [4.69, 9.17) is 5.26 Å². The van der Waals surface area contributed by atoms with Gasteiger partial charge in [-0.25, -0.2) is 4.98 Å². The molecule has 0 saturated carbocycles. The normalized spacial score (nSPS) is 11.8. The van der Waals surface area contributed by atoms with Crippen molar-refractivity contribution in [2.75, 3.05) is 18.5 Å². The summed E-state index contributed by atoms with van der Waals surface area (Å²) in [5.41, 5.74) is 1.19. The van der Waals surface area contributed by atoms with Crippen molar-refractivity contribution >= 4 is 22.3 Å². The first-order chi connectivity index (χ1) is 9.54. The minimum absolute atomic E-state index is 0.00826. The van der Waals surface area contributed by atoms with Crippen molar-refractivity contribution in [1.29, 1.82) is 5.26 Å². The highest BCUT2D eigenvalue weighted by Gasteiger charge is 2.16. The maximum Gasteiger partial charge on any atom is 0.295 e. The van der Waals surface area contributed by atoms with Gasteiger partial charge in [-0.2, -0.15) is 5.26 Å². The van der Waals surface area contributed by atoms with Crippen molar-refractivity contribution in [3.05, 3.63) is 40.6 Å². The second-order valence-corrected chi connectivity index (χ2v) is 4.67. The molecule has 0 saturated heterocycles. The number of benzene rings is 1. The second-order valence-electron chi connectivity index (χ2n) is 4.67. The van der Waals surface area contributed by atoms with E-state index in [1.165, 1.54) is 6.07 Å². The van der Waals surface area contributed by atoms with Gasteiger partial charge < -0.3 is 4.90 Å². The zero-order valence-electron chi connectivity index (χ0n) is 11.3. The first-order valence-corrected chi connectivity index (χ1v) is 6.17. The summed E-state index contributed by atoms with van der Waals surface area (Å²) in [7, 11) is 1.86. The Hall–Kier alpha value is -2.68. The molecule has 0 aliphatic heterocycles. The van der Waals surface area contributed by atoms with Crippen LogP contribution < -0.4 is 4.90 Å². The molecule has 0 bridgehead atoms. The molecule has 102 valence electrons. The Labute approximate surface area is 116 Å². The summed E-state index contributed by atoms with van der Waals surface area (Å²) in [5.74, 6) is -0.123. The number of hydrogen-bond donors (Lipinski definition) is 0. The number of hydrogen-bond acceptors (Lipinski definition) is 5. The van der Waals surface area contributed by atoms with Crippen LogP contribution in [-0.2, 0) is 0 Å². The average Bonchev–Trinajstić information content (AvgIpc) is 2.45. The highest BCUT2D eigenvalue weighted by molar-refractivity contribution is 5.96. The number of fused-ring (bicyclic) bond motifs is 1. The lowest BCUT2D eigenvalue weighted by molar-refractivity contribution is -0.383. The predicted octanol–water partition coefficient (Wildman–Crippen LogP) is 2.74. The lowest BCUT2D eigenvalue weighted by Gasteiger charge is -2.21. The molecule has 0 N–H and O–H groups in total. The Morgan fingerprint density at radius 1 is 1.50 bits per heavy atom. The fraction of sp³-hybridized carbons (Fsp3) is 0.286. The van der Waals surface area contributed by atoms with E-state index in [2.05, 4.69) is 11.1 Å². The number of aromatic nitrogens is 1. The Balaban J connectivity index is 2.53. The van der Waals surface area contributed by atoms with Crippen molar-refractivity contribution in [2.45, 2.75) is 6.92 Å². The van der Waals surface area contributed by atoms with Crippen molar-refractivity contribution < 1.29 is 4.92 Å². The molecule has 0 spiro atoms. The molecule has 1 aromatic carbocycles. The van der Waals surface area contributed by atoms with Gasteiger partial charge in [0, 0.05) is 36.9 Å². The van der Waals surface area contributed by atoms with Crippen molar-refractivity contribution in [1.82, 2.24) is 4.98 Å². The van der Waals surface area contributed by atoms with Gasteiger partial charge in [-0.1, -0.05) is 12.1 Å². The topological polar surface area (TPSA) is 83.1 Å². The van der Waals surface area contributed by atoms with Crippen LogP contribution in [-0.4, -0.2) is 23.5 Å². The number of nitriles is 1. The smallest absolute Gasteiger partial charge is 0.295 e. The Bertz CT molecular complexity index is 693. The van der Waals surface area contributed by atoms with Crippen LogP contribution in [0.15, 0.2) is 30.5 Å². The van der Waals surface area contributed by atoms with Crippen LogP contribution in [0.1, 0.15) is 6.92 Å². The lowest BCUT2D eigenvalue weighted by atomic mass is 10.1. The second kappa shape index (κ2) is 5.53. The molecule has 0 amide bonds. The van der Waals surface area contributed by atoms with Gasteiger partial charge in [0.25, 0.3) is 5.69 Å². The van der Waals surface area contributed by atoms with Crippen LogP contribution >= 0.6 is 0 Å². The molecule has 1 aromatic heterocycles. The quantitative estimate of drug-likeness (QED) is 0.630. The van der Waals surface area contributed by atoms with E-state index < -0.39 is 4.92 Å². The monoisotopic (exact) mass is 270 g/mol. The number of pyridine rings is 1. The lowest BCUT2D eigenvalue weighted by Crippen LogP contribution is -2.23. The van der Waals surface area contributed by atoms with Crippen LogP contribution in [0.5, 0.6) is 0 Å². The minimum Gasteiger partial charge on any atom is -0.373 e. The molecule has 0 radical (unpaired) electrons. The number of nitrogens with zero attached hydrogens (tertiary/aromatic N) is 4. The molecular formula is C14H14N4O2. The minimum atomic E-state index is -0.434. The largest absolute Gasteiger partial charge is 0.373 e. The molecule has 20 heavy (non-hydrogen) atoms. The van der Waals surface area contributed by atoms with Gasteiger partial charge in [0.1, 0.15) is 5.52 Å². The molecule has 1 heterocycles. The van der Waals surface area contributed by atoms with Gasteiger partial charge in [-0.3, -0.25) is 10.1 Å². The summed E-state index contributed by atoms with van der Waals surface area (Å²) in [6, 6.07) is 8.87. The first kappa shape index (κ1) is 13.7. The van der Waals surface area contributed by atoms with Gasteiger partial charge in [0.05, 0.1) is 16.9 Å². The standard InChI is InChI=1S/C14H14N4O2/c1-10(8-15)9-17(2)12-6-7-16-14-11(12)4-3-5-13(14)18(19)20/h3-7,10H,9H2,1-2H3. The van der Waals surface area contributed by atoms with Crippen molar-refractivity contribution in [3.8, 4) is 6.07 Å². The van der Waals surface area contributed by atoms with E-state index in [1.54, 1.807) is 24.4 Å². The molecular weight excluding hydrogens is 256 g/mol. The molecule has 0 aliphatic carbocycles. The maximum atomic E-state index is 11.0. The van der Waals surface area contributed by atoms with Crippen LogP contribution in [0.25, 0.3) is 10.9 Å². The van der Waals surface area contributed by atoms with Crippen LogP contribution in [0.2, 0.25) is 0 Å². The third-order valence-electron chi connectivity index (χ3n) is 3.10. The number of rotatable bonds is 4. The summed E-state index contributed by atoms with van der Waals surface area (Å²) >= 11 is 0. The van der Waals surface area contributed by atoms with Gasteiger partial charge in [0.15, 0.2) is 0 Å². The molecule has 1 unspecified atom stereocenters. The SMILES string of the molecule is CC(C#N)CN(C)c1ccnc2c([N+](=O)[O-])cccc12. The van der Waals surface area contributed by atoms with E-state index in [0.717, 1.165) is 5.69 Å². The van der Waals surface area contributed by atoms with Crippen molar-refractivity contribution in [3.63, 3.8) is 0 Å². The maximum absolute atomic E-state index is 11.0. The third-order valence-corrected chi connectivity index (χ3v) is 3.10. The summed E-state index contributed by atoms with van der Waals surface area (Å²) in [6.45, 7) is 2.39. The number of para-hydroxylation sites is 1. The van der Waals surface area contributed by atoms with Crippen molar-refractivity contribution in [2.24, 2.45) is 5.92 Å². The Morgan fingerprint density at radius 3 is 2.90 bits per heavy atom. The van der Waals surface area contributed by atoms with E-state index in [9.17, 15) is 10.1 Å². The number of non-ortho nitro benzene ring substituents is 1. The summed E-state index contributed by atoms with van der Waals surface area (Å²) in [6.07, 6.45) is 1.55. The van der Waals surface area contributed by atoms with Crippen LogP contribution in [0.3, 0.4) is 0 Å². The Kier molecular flexibility index (Phi) is 3.80. The van der Waals surface area contributed by atoms with Crippen LogP contribution in [0.4, 0.5) is 11.4 Å². The molecule has 6 nitrogen and oxygen atoms in total. The number of nitro groups is 1. The third kappa shape index (κ3) is 2.52. The molecule has 2 aromatic rings. The van der Waals surface area contributed by atoms with Gasteiger partial charge in [0.2, 0.25) is 0 Å². The number of anilines is 1.